The Balaban J connectivity index is 1.29. The van der Waals surface area contributed by atoms with E-state index in [1.54, 1.807) is 0 Å². The Kier molecular flexibility index (Phi) is 5.04. The van der Waals surface area contributed by atoms with Crippen LogP contribution in [-0.2, 0) is 5.41 Å². The van der Waals surface area contributed by atoms with Gasteiger partial charge >= 0.3 is 6.85 Å². The summed E-state index contributed by atoms with van der Waals surface area (Å²) >= 11 is 0. The number of hydrogen-bond donors (Lipinski definition) is 0. The molecule has 2 unspecified atom stereocenters. The van der Waals surface area contributed by atoms with Gasteiger partial charge in [0.2, 0.25) is 0 Å². The molecule has 0 saturated carbocycles. The lowest BCUT2D eigenvalue weighted by atomic mass is 9.43. The summed E-state index contributed by atoms with van der Waals surface area (Å²) < 4.78 is 6.83. The first-order valence-corrected chi connectivity index (χ1v) is 17.1. The molecule has 0 radical (unpaired) electrons. The molecule has 0 saturated heterocycles. The minimum Gasteiger partial charge on any atom is -0.483 e. The van der Waals surface area contributed by atoms with Gasteiger partial charge in [0.15, 0.2) is 6.10 Å². The fraction of sp³-hybridized carbons (Fsp3) is 0.136. The largest absolute Gasteiger partial charge is 0.483 e. The summed E-state index contributed by atoms with van der Waals surface area (Å²) in [6.07, 6.45) is -0.0603. The van der Waals surface area contributed by atoms with Gasteiger partial charge in [-0.15, -0.1) is 0 Å². The average molecular weight is 617 g/mol. The number of ether oxygens (including phenoxy) is 1. The highest BCUT2D eigenvalue weighted by molar-refractivity contribution is 6.94. The zero-order chi connectivity index (χ0) is 31.9. The molecule has 0 fully saturated rings. The minimum atomic E-state index is -0.0603. The van der Waals surface area contributed by atoms with Crippen LogP contribution in [0.5, 0.6) is 5.75 Å². The molecule has 7 aromatic rings. The standard InChI is InChI=1S/C44H33BN2O/c1-44(2,3)28-20-22-29(23-21-28)47-36-24-19-26-11-4-6-13-30(26)38(36)34-25-27-12-5-7-14-31(27)41-39(34)45(47)35-17-10-16-33-40(35)46(41)42-32-15-8-9-18-37(32)48-43(33)42/h4-25,42-43H,1-3H3. The summed E-state index contributed by atoms with van der Waals surface area (Å²) in [6.45, 7) is 6.86. The Morgan fingerprint density at radius 3 is 2.21 bits per heavy atom. The third kappa shape index (κ3) is 3.30. The summed E-state index contributed by atoms with van der Waals surface area (Å²) in [6, 6.07) is 50.0. The van der Waals surface area contributed by atoms with E-state index in [-0.39, 0.29) is 24.4 Å². The molecule has 0 aromatic heterocycles. The number of hydrogen-bond acceptors (Lipinski definition) is 3. The van der Waals surface area contributed by atoms with Gasteiger partial charge < -0.3 is 14.4 Å². The molecule has 228 valence electrons. The minimum absolute atomic E-state index is 0.00553. The van der Waals surface area contributed by atoms with E-state index in [0.29, 0.717) is 0 Å². The first-order valence-electron chi connectivity index (χ1n) is 17.1. The van der Waals surface area contributed by atoms with E-state index in [9.17, 15) is 0 Å². The Hall–Kier alpha value is -5.48. The molecule has 4 heterocycles. The van der Waals surface area contributed by atoms with Crippen molar-refractivity contribution < 1.29 is 4.74 Å². The van der Waals surface area contributed by atoms with Crippen molar-refractivity contribution in [2.45, 2.75) is 38.3 Å². The van der Waals surface area contributed by atoms with Crippen molar-refractivity contribution in [3.05, 3.63) is 150 Å². The summed E-state index contributed by atoms with van der Waals surface area (Å²) in [5, 5.41) is 5.11. The van der Waals surface area contributed by atoms with Gasteiger partial charge in [0, 0.05) is 44.8 Å². The van der Waals surface area contributed by atoms with Gasteiger partial charge in [0.25, 0.3) is 0 Å². The van der Waals surface area contributed by atoms with Gasteiger partial charge in [-0.1, -0.05) is 124 Å². The van der Waals surface area contributed by atoms with Crippen molar-refractivity contribution in [1.29, 1.82) is 0 Å². The average Bonchev–Trinajstić information content (AvgIpc) is 3.65. The lowest BCUT2D eigenvalue weighted by Gasteiger charge is -2.46. The van der Waals surface area contributed by atoms with Crippen molar-refractivity contribution in [2.75, 3.05) is 9.71 Å². The predicted molar refractivity (Wildman–Crippen MR) is 200 cm³/mol. The lowest BCUT2D eigenvalue weighted by Crippen LogP contribution is -2.62. The molecule has 7 aromatic carbocycles. The Labute approximate surface area is 281 Å². The molecule has 0 amide bonds. The smallest absolute Gasteiger partial charge is 0.333 e. The van der Waals surface area contributed by atoms with E-state index in [1.807, 2.05) is 0 Å². The van der Waals surface area contributed by atoms with Gasteiger partial charge in [0.05, 0.1) is 0 Å². The van der Waals surface area contributed by atoms with E-state index in [2.05, 4.69) is 164 Å². The van der Waals surface area contributed by atoms with Gasteiger partial charge in [-0.25, -0.2) is 0 Å². The van der Waals surface area contributed by atoms with Crippen molar-refractivity contribution in [3.63, 3.8) is 0 Å². The molecule has 3 nitrogen and oxygen atoms in total. The second kappa shape index (κ2) is 9.11. The van der Waals surface area contributed by atoms with Crippen molar-refractivity contribution in [1.82, 2.24) is 0 Å². The van der Waals surface area contributed by atoms with E-state index in [4.69, 9.17) is 4.74 Å². The number of para-hydroxylation sites is 2. The summed E-state index contributed by atoms with van der Waals surface area (Å²) in [5.41, 5.74) is 14.4. The normalized spacial score (nSPS) is 17.9. The molecule has 4 aliphatic rings. The Morgan fingerprint density at radius 1 is 0.646 bits per heavy atom. The number of rotatable bonds is 1. The molecular formula is C44H33BN2O. The predicted octanol–water partition coefficient (Wildman–Crippen LogP) is 9.85. The molecule has 48 heavy (non-hydrogen) atoms. The molecule has 4 heteroatoms. The first kappa shape index (κ1) is 26.6. The van der Waals surface area contributed by atoms with Gasteiger partial charge in [-0.05, 0) is 74.0 Å². The maximum absolute atomic E-state index is 6.83. The molecule has 0 spiro atoms. The second-order valence-electron chi connectivity index (χ2n) is 14.8. The van der Waals surface area contributed by atoms with Crippen LogP contribution < -0.4 is 25.4 Å². The van der Waals surface area contributed by atoms with Crippen LogP contribution in [0.1, 0.15) is 49.6 Å². The quantitative estimate of drug-likeness (QED) is 0.171. The Bertz CT molecular complexity index is 2510. The number of fused-ring (bicyclic) bond motifs is 13. The maximum atomic E-state index is 6.83. The van der Waals surface area contributed by atoms with Crippen LogP contribution in [0.25, 0.3) is 32.7 Å². The van der Waals surface area contributed by atoms with E-state index < -0.39 is 0 Å². The van der Waals surface area contributed by atoms with Gasteiger partial charge in [-0.3, -0.25) is 0 Å². The molecule has 2 atom stereocenters. The first-order chi connectivity index (χ1) is 23.5. The van der Waals surface area contributed by atoms with Crippen LogP contribution in [0.2, 0.25) is 0 Å². The summed E-state index contributed by atoms with van der Waals surface area (Å²) in [4.78, 5) is 5.29. The number of nitrogens with zero attached hydrogens (tertiary/aromatic N) is 2. The second-order valence-corrected chi connectivity index (χ2v) is 14.8. The highest BCUT2D eigenvalue weighted by Crippen LogP contribution is 2.61. The van der Waals surface area contributed by atoms with Crippen molar-refractivity contribution >= 4 is 62.1 Å². The van der Waals surface area contributed by atoms with E-state index >= 15 is 0 Å². The molecule has 0 N–H and O–H groups in total. The van der Waals surface area contributed by atoms with Crippen LogP contribution in [0, 0.1) is 0 Å². The highest BCUT2D eigenvalue weighted by Gasteiger charge is 2.55. The van der Waals surface area contributed by atoms with Crippen LogP contribution in [0.15, 0.2) is 133 Å². The van der Waals surface area contributed by atoms with E-state index in [0.717, 1.165) is 5.75 Å². The fourth-order valence-corrected chi connectivity index (χ4v) is 9.21. The zero-order valence-electron chi connectivity index (χ0n) is 27.2. The van der Waals surface area contributed by atoms with Crippen LogP contribution in [0.4, 0.5) is 22.7 Å². The fourth-order valence-electron chi connectivity index (χ4n) is 9.21. The summed E-state index contributed by atoms with van der Waals surface area (Å²) in [7, 11) is 0. The maximum Gasteiger partial charge on any atom is 0.333 e. The molecular weight excluding hydrogens is 583 g/mol. The molecule has 4 aliphatic heterocycles. The molecule has 0 aliphatic carbocycles. The third-order valence-electron chi connectivity index (χ3n) is 11.3. The lowest BCUT2D eigenvalue weighted by molar-refractivity contribution is 0.223. The zero-order valence-corrected chi connectivity index (χ0v) is 27.2. The van der Waals surface area contributed by atoms with Crippen molar-refractivity contribution in [2.24, 2.45) is 0 Å². The third-order valence-corrected chi connectivity index (χ3v) is 11.3. The topological polar surface area (TPSA) is 15.7 Å². The Morgan fingerprint density at radius 2 is 1.38 bits per heavy atom. The molecule has 0 bridgehead atoms. The molecule has 11 rings (SSSR count). The van der Waals surface area contributed by atoms with E-state index in [1.165, 1.54) is 83.0 Å². The van der Waals surface area contributed by atoms with Gasteiger partial charge in [-0.2, -0.15) is 0 Å². The van der Waals surface area contributed by atoms with Crippen LogP contribution in [0.3, 0.4) is 0 Å². The van der Waals surface area contributed by atoms with Crippen molar-refractivity contribution in [3.8, 4) is 16.9 Å². The highest BCUT2D eigenvalue weighted by atomic mass is 16.5. The van der Waals surface area contributed by atoms with Crippen LogP contribution in [-0.4, -0.2) is 6.85 Å². The number of anilines is 4. The number of benzene rings is 7. The summed E-state index contributed by atoms with van der Waals surface area (Å²) in [5.74, 6) is 0.997. The monoisotopic (exact) mass is 616 g/mol. The van der Waals surface area contributed by atoms with Gasteiger partial charge in [0.1, 0.15) is 11.8 Å². The van der Waals surface area contributed by atoms with Crippen LogP contribution >= 0.6 is 0 Å². The SMILES string of the molecule is CC(C)(C)c1ccc(N2B3c4cccc5c4N(c4c3c(cc3ccccc43)-c3c2ccc2ccccc32)C2c3ccccc3OC52)cc1.